The molecule has 0 atom stereocenters. The highest BCUT2D eigenvalue weighted by atomic mass is 127. The van der Waals surface area contributed by atoms with Gasteiger partial charge in [0.2, 0.25) is 0 Å². The zero-order valence-corrected chi connectivity index (χ0v) is 13.9. The van der Waals surface area contributed by atoms with E-state index in [0.29, 0.717) is 14.8 Å². The molecule has 1 N–H and O–H groups in total. The number of nitrogens with zero attached hydrogens (tertiary/aromatic N) is 1. The largest absolute Gasteiger partial charge is 0.330 e. The number of imidazole rings is 1. The summed E-state index contributed by atoms with van der Waals surface area (Å²) in [4.78, 5) is 3.15. The molecule has 0 amide bonds. The second-order valence-corrected chi connectivity index (χ2v) is 6.50. The number of H-pyrrole nitrogens is 1. The molecule has 3 aromatic rings. The quantitative estimate of drug-likeness (QED) is 0.401. The van der Waals surface area contributed by atoms with Crippen molar-refractivity contribution >= 4 is 69.0 Å². The van der Waals surface area contributed by atoms with Crippen molar-refractivity contribution in [2.45, 2.75) is 0 Å². The first-order valence-electron chi connectivity index (χ1n) is 5.42. The molecule has 0 aliphatic rings. The molecule has 1 aromatic heterocycles. The van der Waals surface area contributed by atoms with Gasteiger partial charge in [-0.1, -0.05) is 23.2 Å². The lowest BCUT2D eigenvalue weighted by Gasteiger charge is -2.07. The van der Waals surface area contributed by atoms with E-state index >= 15 is 0 Å². The molecule has 2 nitrogen and oxygen atoms in total. The van der Waals surface area contributed by atoms with Crippen molar-refractivity contribution in [3.05, 3.63) is 54.8 Å². The summed E-state index contributed by atoms with van der Waals surface area (Å²) in [6, 6.07) is 11.5. The van der Waals surface area contributed by atoms with Crippen LogP contribution in [0.5, 0.6) is 0 Å². The molecule has 0 fully saturated rings. The topological polar surface area (TPSA) is 20.7 Å². The molecule has 0 spiro atoms. The summed E-state index contributed by atoms with van der Waals surface area (Å²) >= 11 is 20.0. The predicted molar refractivity (Wildman–Crippen MR) is 91.2 cm³/mol. The minimum absolute atomic E-state index is 0.598. The van der Waals surface area contributed by atoms with Gasteiger partial charge < -0.3 is 4.98 Å². The molecule has 0 saturated carbocycles. The highest BCUT2D eigenvalue weighted by molar-refractivity contribution is 14.1. The predicted octanol–water partition coefficient (Wildman–Crippen LogP) is 5.60. The number of aromatic amines is 1. The van der Waals surface area contributed by atoms with Gasteiger partial charge >= 0.3 is 0 Å². The van der Waals surface area contributed by atoms with Crippen molar-refractivity contribution < 1.29 is 0 Å². The van der Waals surface area contributed by atoms with Crippen LogP contribution < -0.4 is 0 Å². The van der Waals surface area contributed by atoms with Crippen molar-refractivity contribution in [3.8, 4) is 5.69 Å². The van der Waals surface area contributed by atoms with Gasteiger partial charge in [0.25, 0.3) is 0 Å². The smallest absolute Gasteiger partial charge is 0.182 e. The maximum atomic E-state index is 6.31. The average molecular weight is 421 g/mol. The summed E-state index contributed by atoms with van der Waals surface area (Å²) in [6.45, 7) is 0. The Kier molecular flexibility index (Phi) is 3.59. The second kappa shape index (κ2) is 5.09. The fourth-order valence-corrected chi connectivity index (χ4v) is 3.39. The number of halogens is 3. The minimum atomic E-state index is 0.598. The van der Waals surface area contributed by atoms with Gasteiger partial charge in [-0.05, 0) is 71.2 Å². The third-order valence-corrected chi connectivity index (χ3v) is 4.29. The van der Waals surface area contributed by atoms with Gasteiger partial charge in [-0.25, -0.2) is 0 Å². The van der Waals surface area contributed by atoms with Gasteiger partial charge in [0.05, 0.1) is 21.7 Å². The Morgan fingerprint density at radius 1 is 1.11 bits per heavy atom. The third-order valence-electron chi connectivity index (χ3n) is 2.80. The van der Waals surface area contributed by atoms with Crippen LogP contribution >= 0.6 is 58.0 Å². The van der Waals surface area contributed by atoms with Crippen LogP contribution in [0.2, 0.25) is 10.0 Å². The molecule has 1 heterocycles. The molecule has 0 radical (unpaired) electrons. The summed E-state index contributed by atoms with van der Waals surface area (Å²) < 4.78 is 3.57. The van der Waals surface area contributed by atoms with E-state index in [2.05, 4.69) is 27.6 Å². The molecule has 0 bridgehead atoms. The number of fused-ring (bicyclic) bond motifs is 1. The van der Waals surface area contributed by atoms with Crippen LogP contribution in [0.4, 0.5) is 0 Å². The second-order valence-electron chi connectivity index (χ2n) is 4.02. The zero-order valence-electron chi connectivity index (χ0n) is 9.45. The van der Waals surface area contributed by atoms with Crippen LogP contribution in [0.15, 0.2) is 36.4 Å². The van der Waals surface area contributed by atoms with Crippen LogP contribution in [-0.2, 0) is 0 Å². The summed E-state index contributed by atoms with van der Waals surface area (Å²) in [5.41, 5.74) is 2.70. The molecule has 19 heavy (non-hydrogen) atoms. The maximum absolute atomic E-state index is 6.31. The van der Waals surface area contributed by atoms with Gasteiger partial charge in [-0.15, -0.1) is 0 Å². The molecule has 96 valence electrons. The van der Waals surface area contributed by atoms with Crippen molar-refractivity contribution in [2.75, 3.05) is 0 Å². The molecule has 3 rings (SSSR count). The summed E-state index contributed by atoms with van der Waals surface area (Å²) in [7, 11) is 0. The minimum Gasteiger partial charge on any atom is -0.330 e. The SMILES string of the molecule is S=c1[nH]c2ccc(Cl)cc2n1-c1ccc(I)cc1Cl. The van der Waals surface area contributed by atoms with Gasteiger partial charge in [-0.2, -0.15) is 0 Å². The van der Waals surface area contributed by atoms with E-state index in [1.165, 1.54) is 0 Å². The molecule has 0 aliphatic carbocycles. The number of benzene rings is 2. The molecular weight excluding hydrogens is 414 g/mol. The highest BCUT2D eigenvalue weighted by Crippen LogP contribution is 2.28. The van der Waals surface area contributed by atoms with E-state index in [-0.39, 0.29) is 0 Å². The normalized spacial score (nSPS) is 11.1. The van der Waals surface area contributed by atoms with Crippen LogP contribution in [0.1, 0.15) is 0 Å². The standard InChI is InChI=1S/C13H7Cl2IN2S/c14-7-1-3-10-12(5-7)18(13(19)17-10)11-4-2-8(16)6-9(11)15/h1-6H,(H,17,19). The van der Waals surface area contributed by atoms with E-state index in [1.54, 1.807) is 0 Å². The first kappa shape index (κ1) is 13.4. The summed E-state index contributed by atoms with van der Waals surface area (Å²) in [6.07, 6.45) is 0. The molecule has 0 unspecified atom stereocenters. The van der Waals surface area contributed by atoms with Gasteiger partial charge in [-0.3, -0.25) is 4.57 Å². The average Bonchev–Trinajstić information content (AvgIpc) is 2.65. The monoisotopic (exact) mass is 420 g/mol. The van der Waals surface area contributed by atoms with Gasteiger partial charge in [0.15, 0.2) is 4.77 Å². The van der Waals surface area contributed by atoms with Crippen molar-refractivity contribution in [1.29, 1.82) is 0 Å². The Hall–Kier alpha value is -0.560. The summed E-state index contributed by atoms with van der Waals surface area (Å²) in [5, 5.41) is 1.32. The van der Waals surface area contributed by atoms with Crippen LogP contribution in [0, 0.1) is 8.34 Å². The van der Waals surface area contributed by atoms with E-state index in [9.17, 15) is 0 Å². The lowest BCUT2D eigenvalue weighted by Crippen LogP contribution is -1.95. The summed E-state index contributed by atoms with van der Waals surface area (Å²) in [5.74, 6) is 0. The number of aromatic nitrogens is 2. The first-order valence-corrected chi connectivity index (χ1v) is 7.66. The fraction of sp³-hybridized carbons (Fsp3) is 0. The number of hydrogen-bond acceptors (Lipinski definition) is 1. The lowest BCUT2D eigenvalue weighted by molar-refractivity contribution is 1.06. The Morgan fingerprint density at radius 2 is 1.89 bits per heavy atom. The van der Waals surface area contributed by atoms with Gasteiger partial charge in [0, 0.05) is 8.59 Å². The van der Waals surface area contributed by atoms with E-state index in [1.807, 2.05) is 41.0 Å². The molecule has 0 aliphatic heterocycles. The number of nitrogens with one attached hydrogen (secondary N) is 1. The Labute approximate surface area is 138 Å². The molecule has 2 aromatic carbocycles. The third kappa shape index (κ3) is 2.42. The fourth-order valence-electron chi connectivity index (χ4n) is 1.98. The van der Waals surface area contributed by atoms with Gasteiger partial charge in [0.1, 0.15) is 0 Å². The zero-order chi connectivity index (χ0) is 13.6. The Bertz CT molecular complexity index is 838. The van der Waals surface area contributed by atoms with E-state index in [0.717, 1.165) is 20.3 Å². The number of hydrogen-bond donors (Lipinski definition) is 1. The first-order chi connectivity index (χ1) is 9.06. The van der Waals surface area contributed by atoms with Crippen LogP contribution in [-0.4, -0.2) is 9.55 Å². The Balaban J connectivity index is 2.38. The van der Waals surface area contributed by atoms with Crippen LogP contribution in [0.3, 0.4) is 0 Å². The molecule has 6 heteroatoms. The molecular formula is C13H7Cl2IN2S. The van der Waals surface area contributed by atoms with Crippen molar-refractivity contribution in [1.82, 2.24) is 9.55 Å². The highest BCUT2D eigenvalue weighted by Gasteiger charge is 2.10. The van der Waals surface area contributed by atoms with Crippen LogP contribution in [0.25, 0.3) is 16.7 Å². The number of rotatable bonds is 1. The lowest BCUT2D eigenvalue weighted by atomic mass is 10.3. The van der Waals surface area contributed by atoms with Crippen molar-refractivity contribution in [3.63, 3.8) is 0 Å². The van der Waals surface area contributed by atoms with Crippen molar-refractivity contribution in [2.24, 2.45) is 0 Å². The van der Waals surface area contributed by atoms with E-state index in [4.69, 9.17) is 35.4 Å². The van der Waals surface area contributed by atoms with E-state index < -0.39 is 0 Å². The molecule has 0 saturated heterocycles. The Morgan fingerprint density at radius 3 is 2.63 bits per heavy atom. The maximum Gasteiger partial charge on any atom is 0.182 e.